The Balaban J connectivity index is 2.56. The van der Waals surface area contributed by atoms with Crippen LogP contribution in [0.5, 0.6) is 0 Å². The Bertz CT molecular complexity index is 550. The molecular formula is C13H20N6. The summed E-state index contributed by atoms with van der Waals surface area (Å²) < 4.78 is 1.86. The van der Waals surface area contributed by atoms with E-state index in [0.29, 0.717) is 17.2 Å². The van der Waals surface area contributed by atoms with Gasteiger partial charge in [0.2, 0.25) is 0 Å². The van der Waals surface area contributed by atoms with Crippen molar-refractivity contribution in [1.82, 2.24) is 20.2 Å². The van der Waals surface area contributed by atoms with Crippen LogP contribution in [0.15, 0.2) is 18.2 Å². The second-order valence-electron chi connectivity index (χ2n) is 5.01. The van der Waals surface area contributed by atoms with Crippen molar-refractivity contribution < 1.29 is 0 Å². The number of rotatable bonds is 4. The average molecular weight is 260 g/mol. The fourth-order valence-corrected chi connectivity index (χ4v) is 2.09. The summed E-state index contributed by atoms with van der Waals surface area (Å²) >= 11 is 0. The van der Waals surface area contributed by atoms with E-state index in [1.165, 1.54) is 0 Å². The molecule has 0 unspecified atom stereocenters. The van der Waals surface area contributed by atoms with Crippen LogP contribution in [0.4, 0.5) is 11.4 Å². The van der Waals surface area contributed by atoms with Crippen molar-refractivity contribution >= 4 is 11.4 Å². The third-order valence-corrected chi connectivity index (χ3v) is 3.74. The van der Waals surface area contributed by atoms with Crippen LogP contribution in [-0.4, -0.2) is 20.2 Å². The molecule has 2 aromatic rings. The first-order valence-electron chi connectivity index (χ1n) is 6.45. The molecule has 1 aromatic carbocycles. The molecule has 0 fully saturated rings. The van der Waals surface area contributed by atoms with Crippen LogP contribution in [0.25, 0.3) is 11.4 Å². The standard InChI is InChI=1S/C13H20N6/c1-4-13(3,5-2)19-12(16-17-18-19)9-6-10(14)8-11(15)7-9/h6-8H,4-5,14-15H2,1-3H3. The van der Waals surface area contributed by atoms with Gasteiger partial charge in [0.15, 0.2) is 5.82 Å². The highest BCUT2D eigenvalue weighted by atomic mass is 15.6. The highest BCUT2D eigenvalue weighted by Crippen LogP contribution is 2.30. The van der Waals surface area contributed by atoms with Crippen molar-refractivity contribution in [3.63, 3.8) is 0 Å². The summed E-state index contributed by atoms with van der Waals surface area (Å²) in [4.78, 5) is 0. The Morgan fingerprint density at radius 1 is 1.11 bits per heavy atom. The van der Waals surface area contributed by atoms with E-state index in [0.717, 1.165) is 18.4 Å². The topological polar surface area (TPSA) is 95.6 Å². The summed E-state index contributed by atoms with van der Waals surface area (Å²) in [5, 5.41) is 12.1. The highest BCUT2D eigenvalue weighted by Gasteiger charge is 2.27. The summed E-state index contributed by atoms with van der Waals surface area (Å²) in [6.07, 6.45) is 1.89. The molecule has 2 rings (SSSR count). The van der Waals surface area contributed by atoms with E-state index in [4.69, 9.17) is 11.5 Å². The van der Waals surface area contributed by atoms with E-state index in [9.17, 15) is 0 Å². The van der Waals surface area contributed by atoms with Crippen LogP contribution >= 0.6 is 0 Å². The molecule has 4 N–H and O–H groups in total. The van der Waals surface area contributed by atoms with Crippen LogP contribution < -0.4 is 11.5 Å². The minimum absolute atomic E-state index is 0.113. The lowest BCUT2D eigenvalue weighted by Crippen LogP contribution is -2.30. The third-order valence-electron chi connectivity index (χ3n) is 3.74. The van der Waals surface area contributed by atoms with Gasteiger partial charge in [-0.1, -0.05) is 13.8 Å². The molecule has 0 bridgehead atoms. The molecule has 1 aromatic heterocycles. The van der Waals surface area contributed by atoms with Crippen LogP contribution in [0.1, 0.15) is 33.6 Å². The third kappa shape index (κ3) is 2.38. The summed E-state index contributed by atoms with van der Waals surface area (Å²) in [7, 11) is 0. The number of hydrogen-bond donors (Lipinski definition) is 2. The number of nitrogen functional groups attached to an aromatic ring is 2. The average Bonchev–Trinajstić information content (AvgIpc) is 2.86. The lowest BCUT2D eigenvalue weighted by atomic mass is 9.95. The molecule has 0 saturated carbocycles. The van der Waals surface area contributed by atoms with Crippen LogP contribution in [0, 0.1) is 0 Å². The van der Waals surface area contributed by atoms with E-state index in [1.807, 2.05) is 16.8 Å². The van der Waals surface area contributed by atoms with Crippen molar-refractivity contribution in [3.05, 3.63) is 18.2 Å². The summed E-state index contributed by atoms with van der Waals surface area (Å²) in [5.41, 5.74) is 13.6. The lowest BCUT2D eigenvalue weighted by molar-refractivity contribution is 0.262. The SMILES string of the molecule is CCC(C)(CC)n1nnnc1-c1cc(N)cc(N)c1. The maximum absolute atomic E-state index is 5.83. The fourth-order valence-electron chi connectivity index (χ4n) is 2.09. The normalized spacial score (nSPS) is 11.7. The molecule has 0 aliphatic rings. The quantitative estimate of drug-likeness (QED) is 0.820. The monoisotopic (exact) mass is 260 g/mol. The molecule has 1 heterocycles. The van der Waals surface area contributed by atoms with E-state index in [1.54, 1.807) is 6.07 Å². The second-order valence-corrected chi connectivity index (χ2v) is 5.01. The van der Waals surface area contributed by atoms with Gasteiger partial charge in [-0.05, 0) is 48.4 Å². The smallest absolute Gasteiger partial charge is 0.182 e. The maximum Gasteiger partial charge on any atom is 0.182 e. The predicted octanol–water partition coefficient (Wildman–Crippen LogP) is 2.04. The van der Waals surface area contributed by atoms with Crippen LogP contribution in [0.3, 0.4) is 0 Å². The van der Waals surface area contributed by atoms with E-state index in [-0.39, 0.29) is 5.54 Å². The predicted molar refractivity (Wildman–Crippen MR) is 76.3 cm³/mol. The first-order chi connectivity index (χ1) is 9.00. The van der Waals surface area contributed by atoms with Gasteiger partial charge in [0.1, 0.15) is 0 Å². The van der Waals surface area contributed by atoms with Gasteiger partial charge >= 0.3 is 0 Å². The van der Waals surface area contributed by atoms with Crippen molar-refractivity contribution in [1.29, 1.82) is 0 Å². The first-order valence-corrected chi connectivity index (χ1v) is 6.45. The Labute approximate surface area is 112 Å². The molecule has 19 heavy (non-hydrogen) atoms. The van der Waals surface area contributed by atoms with E-state index >= 15 is 0 Å². The fraction of sp³-hybridized carbons (Fsp3) is 0.462. The summed E-state index contributed by atoms with van der Waals surface area (Å²) in [6, 6.07) is 5.39. The second kappa shape index (κ2) is 4.87. The zero-order chi connectivity index (χ0) is 14.0. The number of anilines is 2. The molecule has 0 aliphatic heterocycles. The van der Waals surface area contributed by atoms with Gasteiger partial charge in [-0.3, -0.25) is 0 Å². The van der Waals surface area contributed by atoms with Gasteiger partial charge < -0.3 is 11.5 Å². The molecule has 0 radical (unpaired) electrons. The molecule has 0 spiro atoms. The number of hydrogen-bond acceptors (Lipinski definition) is 5. The molecule has 0 amide bonds. The number of aromatic nitrogens is 4. The van der Waals surface area contributed by atoms with E-state index in [2.05, 4.69) is 36.3 Å². The van der Waals surface area contributed by atoms with Crippen molar-refractivity contribution in [3.8, 4) is 11.4 Å². The van der Waals surface area contributed by atoms with Crippen LogP contribution in [-0.2, 0) is 5.54 Å². The summed E-state index contributed by atoms with van der Waals surface area (Å²) in [5.74, 6) is 0.699. The lowest BCUT2D eigenvalue weighted by Gasteiger charge is -2.27. The van der Waals surface area contributed by atoms with Gasteiger partial charge in [0.25, 0.3) is 0 Å². The minimum atomic E-state index is -0.113. The molecule has 102 valence electrons. The molecule has 0 saturated heterocycles. The number of benzene rings is 1. The minimum Gasteiger partial charge on any atom is -0.399 e. The van der Waals surface area contributed by atoms with Crippen LogP contribution in [0.2, 0.25) is 0 Å². The van der Waals surface area contributed by atoms with Crippen molar-refractivity contribution in [2.75, 3.05) is 11.5 Å². The van der Waals surface area contributed by atoms with Gasteiger partial charge in [-0.15, -0.1) is 5.10 Å². The Hall–Kier alpha value is -2.11. The molecule has 6 heteroatoms. The Morgan fingerprint density at radius 2 is 1.68 bits per heavy atom. The van der Waals surface area contributed by atoms with Gasteiger partial charge in [0, 0.05) is 16.9 Å². The number of tetrazole rings is 1. The zero-order valence-corrected chi connectivity index (χ0v) is 11.6. The van der Waals surface area contributed by atoms with Crippen molar-refractivity contribution in [2.24, 2.45) is 0 Å². The van der Waals surface area contributed by atoms with Gasteiger partial charge in [0.05, 0.1) is 5.54 Å². The highest BCUT2D eigenvalue weighted by molar-refractivity contribution is 5.68. The Morgan fingerprint density at radius 3 is 2.21 bits per heavy atom. The maximum atomic E-state index is 5.83. The largest absolute Gasteiger partial charge is 0.399 e. The number of nitrogens with two attached hydrogens (primary N) is 2. The Kier molecular flexibility index (Phi) is 3.42. The number of nitrogens with zero attached hydrogens (tertiary/aromatic N) is 4. The molecule has 6 nitrogen and oxygen atoms in total. The molecule has 0 aliphatic carbocycles. The van der Waals surface area contributed by atoms with E-state index < -0.39 is 0 Å². The molecular weight excluding hydrogens is 240 g/mol. The zero-order valence-electron chi connectivity index (χ0n) is 11.6. The summed E-state index contributed by atoms with van der Waals surface area (Å²) in [6.45, 7) is 6.40. The first kappa shape index (κ1) is 13.3. The van der Waals surface area contributed by atoms with Gasteiger partial charge in [-0.25, -0.2) is 4.68 Å². The molecule has 0 atom stereocenters. The van der Waals surface area contributed by atoms with Gasteiger partial charge in [-0.2, -0.15) is 0 Å². The van der Waals surface area contributed by atoms with Crippen molar-refractivity contribution in [2.45, 2.75) is 39.2 Å².